The minimum absolute atomic E-state index is 0. The number of hydrogen-bond acceptors (Lipinski definition) is 4. The number of piperazine rings is 1. The molecule has 1 amide bonds. The van der Waals surface area contributed by atoms with Crippen molar-refractivity contribution in [1.29, 1.82) is 0 Å². The van der Waals surface area contributed by atoms with Gasteiger partial charge in [-0.15, -0.1) is 12.4 Å². The van der Waals surface area contributed by atoms with Crippen LogP contribution in [0.25, 0.3) is 0 Å². The first kappa shape index (κ1) is 12.7. The van der Waals surface area contributed by atoms with Gasteiger partial charge in [0.25, 0.3) is 0 Å². The molecule has 2 heterocycles. The molecule has 0 aliphatic carbocycles. The van der Waals surface area contributed by atoms with Crippen LogP contribution in [-0.2, 0) is 4.79 Å². The fourth-order valence-electron chi connectivity index (χ4n) is 2.08. The maximum absolute atomic E-state index is 11.5. The van der Waals surface area contributed by atoms with Crippen LogP contribution < -0.4 is 5.32 Å². The molecule has 0 aromatic carbocycles. The number of nitrogens with one attached hydrogen (secondary N) is 1. The summed E-state index contributed by atoms with van der Waals surface area (Å²) < 4.78 is 0. The van der Waals surface area contributed by atoms with Crippen LogP contribution in [0.1, 0.15) is 0 Å². The van der Waals surface area contributed by atoms with Crippen molar-refractivity contribution in [3.05, 3.63) is 0 Å². The number of likely N-dealkylation sites (N-methyl/N-ethyl adjacent to an activating group) is 1. The number of nitrogens with zero attached hydrogens (tertiary/aromatic N) is 2. The summed E-state index contributed by atoms with van der Waals surface area (Å²) in [6.07, 6.45) is -0.328. The number of amides is 1. The SMILES string of the molecule is CN1CCN([C@@H]2CNC[C@H]2O)CC1=O.Cl. The number of rotatable bonds is 1. The van der Waals surface area contributed by atoms with E-state index in [0.717, 1.165) is 19.6 Å². The molecule has 2 aliphatic heterocycles. The van der Waals surface area contributed by atoms with E-state index in [9.17, 15) is 9.90 Å². The number of carbonyl (C=O) groups is 1. The molecule has 0 unspecified atom stereocenters. The van der Waals surface area contributed by atoms with E-state index in [-0.39, 0.29) is 30.5 Å². The van der Waals surface area contributed by atoms with E-state index in [1.54, 1.807) is 4.90 Å². The standard InChI is InChI=1S/C9H17N3O2.ClH/c1-11-2-3-12(6-9(11)14)7-4-10-5-8(7)13;/h7-8,10,13H,2-6H2,1H3;1H/t7-,8-;/m1./s1. The molecular formula is C9H18ClN3O2. The largest absolute Gasteiger partial charge is 0.390 e. The molecule has 0 saturated carbocycles. The Bertz CT molecular complexity index is 239. The second-order valence-corrected chi connectivity index (χ2v) is 4.08. The van der Waals surface area contributed by atoms with Gasteiger partial charge in [0.2, 0.25) is 5.91 Å². The molecule has 6 heteroatoms. The Kier molecular flexibility index (Phi) is 4.33. The van der Waals surface area contributed by atoms with Crippen molar-refractivity contribution in [2.24, 2.45) is 0 Å². The predicted octanol–water partition coefficient (Wildman–Crippen LogP) is -1.49. The molecule has 0 radical (unpaired) electrons. The first-order valence-corrected chi connectivity index (χ1v) is 5.05. The second-order valence-electron chi connectivity index (χ2n) is 4.08. The first-order chi connectivity index (χ1) is 6.68. The lowest BCUT2D eigenvalue weighted by Crippen LogP contribution is -2.55. The number of hydrogen-bond donors (Lipinski definition) is 2. The molecule has 2 rings (SSSR count). The van der Waals surface area contributed by atoms with Crippen molar-refractivity contribution >= 4 is 18.3 Å². The summed E-state index contributed by atoms with van der Waals surface area (Å²) in [5.41, 5.74) is 0. The van der Waals surface area contributed by atoms with Crippen LogP contribution in [0.4, 0.5) is 0 Å². The van der Waals surface area contributed by atoms with Crippen LogP contribution in [0, 0.1) is 0 Å². The van der Waals surface area contributed by atoms with Gasteiger partial charge in [0.05, 0.1) is 12.6 Å². The van der Waals surface area contributed by atoms with Gasteiger partial charge in [-0.1, -0.05) is 0 Å². The molecule has 0 bridgehead atoms. The quantitative estimate of drug-likeness (QED) is 0.582. The Morgan fingerprint density at radius 2 is 2.13 bits per heavy atom. The van der Waals surface area contributed by atoms with E-state index >= 15 is 0 Å². The first-order valence-electron chi connectivity index (χ1n) is 5.05. The summed E-state index contributed by atoms with van der Waals surface area (Å²) in [4.78, 5) is 15.3. The summed E-state index contributed by atoms with van der Waals surface area (Å²) in [6.45, 7) is 3.51. The van der Waals surface area contributed by atoms with Crippen LogP contribution in [0.15, 0.2) is 0 Å². The molecule has 2 saturated heterocycles. The van der Waals surface area contributed by atoms with Gasteiger partial charge in [-0.25, -0.2) is 0 Å². The van der Waals surface area contributed by atoms with Crippen LogP contribution in [-0.4, -0.2) is 72.7 Å². The van der Waals surface area contributed by atoms with E-state index < -0.39 is 0 Å². The Labute approximate surface area is 95.8 Å². The Morgan fingerprint density at radius 3 is 2.67 bits per heavy atom. The summed E-state index contributed by atoms with van der Waals surface area (Å²) in [6, 6.07) is 0.118. The van der Waals surface area contributed by atoms with Crippen LogP contribution in [0.2, 0.25) is 0 Å². The number of carbonyl (C=O) groups excluding carboxylic acids is 1. The summed E-state index contributed by atoms with van der Waals surface area (Å²) in [5.74, 6) is 0.148. The third kappa shape index (κ3) is 2.60. The van der Waals surface area contributed by atoms with Gasteiger partial charge < -0.3 is 15.3 Å². The molecule has 5 nitrogen and oxygen atoms in total. The number of aliphatic hydroxyl groups excluding tert-OH is 1. The normalized spacial score (nSPS) is 32.9. The van der Waals surface area contributed by atoms with Gasteiger partial charge in [0.1, 0.15) is 0 Å². The van der Waals surface area contributed by atoms with Crippen LogP contribution in [0.3, 0.4) is 0 Å². The zero-order chi connectivity index (χ0) is 10.1. The second kappa shape index (κ2) is 5.12. The van der Waals surface area contributed by atoms with Gasteiger partial charge >= 0.3 is 0 Å². The van der Waals surface area contributed by atoms with Crippen LogP contribution >= 0.6 is 12.4 Å². The van der Waals surface area contributed by atoms with Crippen molar-refractivity contribution < 1.29 is 9.90 Å². The number of halogens is 1. The highest BCUT2D eigenvalue weighted by molar-refractivity contribution is 5.85. The summed E-state index contributed by atoms with van der Waals surface area (Å²) >= 11 is 0. The fraction of sp³-hybridized carbons (Fsp3) is 0.889. The zero-order valence-corrected chi connectivity index (χ0v) is 9.66. The highest BCUT2D eigenvalue weighted by Crippen LogP contribution is 2.12. The summed E-state index contributed by atoms with van der Waals surface area (Å²) in [5, 5.41) is 12.8. The highest BCUT2D eigenvalue weighted by atomic mass is 35.5. The average molecular weight is 236 g/mol. The number of β-amino-alcohol motifs (C(OH)–C–C–N with tert-alkyl or cyclic N) is 1. The van der Waals surface area contributed by atoms with E-state index in [0.29, 0.717) is 13.1 Å². The van der Waals surface area contributed by atoms with Crippen molar-refractivity contribution in [2.45, 2.75) is 12.1 Å². The minimum Gasteiger partial charge on any atom is -0.390 e. The maximum Gasteiger partial charge on any atom is 0.236 e. The van der Waals surface area contributed by atoms with Gasteiger partial charge in [0, 0.05) is 39.3 Å². The maximum atomic E-state index is 11.5. The molecule has 15 heavy (non-hydrogen) atoms. The third-order valence-corrected chi connectivity index (χ3v) is 3.11. The lowest BCUT2D eigenvalue weighted by molar-refractivity contribution is -0.136. The van der Waals surface area contributed by atoms with Crippen molar-refractivity contribution in [2.75, 3.05) is 39.8 Å². The molecule has 2 N–H and O–H groups in total. The van der Waals surface area contributed by atoms with E-state index in [1.165, 1.54) is 0 Å². The smallest absolute Gasteiger partial charge is 0.236 e. The highest BCUT2D eigenvalue weighted by Gasteiger charge is 2.34. The Morgan fingerprint density at radius 1 is 1.40 bits per heavy atom. The van der Waals surface area contributed by atoms with Gasteiger partial charge in [-0.2, -0.15) is 0 Å². The molecule has 0 aromatic heterocycles. The molecule has 2 fully saturated rings. The lowest BCUT2D eigenvalue weighted by Gasteiger charge is -2.36. The van der Waals surface area contributed by atoms with E-state index in [1.807, 2.05) is 7.05 Å². The Balaban J connectivity index is 0.00000112. The topological polar surface area (TPSA) is 55.8 Å². The molecule has 2 atom stereocenters. The fourth-order valence-corrected chi connectivity index (χ4v) is 2.08. The minimum atomic E-state index is -0.328. The average Bonchev–Trinajstić information content (AvgIpc) is 2.57. The number of aliphatic hydroxyl groups is 1. The van der Waals surface area contributed by atoms with Gasteiger partial charge in [-0.05, 0) is 0 Å². The predicted molar refractivity (Wildman–Crippen MR) is 59.1 cm³/mol. The van der Waals surface area contributed by atoms with Crippen molar-refractivity contribution in [3.63, 3.8) is 0 Å². The molecule has 0 aromatic rings. The Hall–Kier alpha value is -0.360. The molecule has 2 aliphatic rings. The summed E-state index contributed by atoms with van der Waals surface area (Å²) in [7, 11) is 1.82. The third-order valence-electron chi connectivity index (χ3n) is 3.11. The van der Waals surface area contributed by atoms with E-state index in [2.05, 4.69) is 10.2 Å². The monoisotopic (exact) mass is 235 g/mol. The lowest BCUT2D eigenvalue weighted by atomic mass is 10.1. The van der Waals surface area contributed by atoms with Gasteiger partial charge in [-0.3, -0.25) is 9.69 Å². The van der Waals surface area contributed by atoms with Gasteiger partial charge in [0.15, 0.2) is 0 Å². The molecule has 88 valence electrons. The van der Waals surface area contributed by atoms with E-state index in [4.69, 9.17) is 0 Å². The molecule has 0 spiro atoms. The zero-order valence-electron chi connectivity index (χ0n) is 8.85. The molecular weight excluding hydrogens is 218 g/mol. The van der Waals surface area contributed by atoms with Crippen molar-refractivity contribution in [1.82, 2.24) is 15.1 Å². The van der Waals surface area contributed by atoms with Crippen molar-refractivity contribution in [3.8, 4) is 0 Å². The van der Waals surface area contributed by atoms with Crippen LogP contribution in [0.5, 0.6) is 0 Å².